The zero-order chi connectivity index (χ0) is 15.2. The number of anilines is 2. The summed E-state index contributed by atoms with van der Waals surface area (Å²) in [6, 6.07) is 10.0. The molecule has 2 N–H and O–H groups in total. The highest BCUT2D eigenvalue weighted by Gasteiger charge is 2.18. The van der Waals surface area contributed by atoms with Gasteiger partial charge < -0.3 is 5.11 Å². The van der Waals surface area contributed by atoms with Gasteiger partial charge in [0.1, 0.15) is 5.82 Å². The second-order valence-corrected chi connectivity index (χ2v) is 4.55. The highest BCUT2D eigenvalue weighted by Crippen LogP contribution is 2.23. The van der Waals surface area contributed by atoms with E-state index in [-0.39, 0.29) is 5.91 Å². The van der Waals surface area contributed by atoms with Crippen LogP contribution in [0.25, 0.3) is 0 Å². The fourth-order valence-electron chi connectivity index (χ4n) is 1.73. The lowest BCUT2D eigenvalue weighted by Gasteiger charge is -2.18. The van der Waals surface area contributed by atoms with Gasteiger partial charge in [-0.2, -0.15) is 0 Å². The number of halogens is 1. The molecule has 2 rings (SSSR count). The minimum atomic E-state index is -0.532. The molecule has 0 fully saturated rings. The molecule has 0 atom stereocenters. The number of carbonyl (C=O) groups is 1. The van der Waals surface area contributed by atoms with Crippen molar-refractivity contribution in [3.05, 3.63) is 53.2 Å². The first-order valence-electron chi connectivity index (χ1n) is 6.11. The Morgan fingerprint density at radius 2 is 2.24 bits per heavy atom. The third kappa shape index (κ3) is 3.69. The van der Waals surface area contributed by atoms with E-state index >= 15 is 0 Å². The Balaban J connectivity index is 2.30. The molecule has 1 heterocycles. The summed E-state index contributed by atoms with van der Waals surface area (Å²) in [6.45, 7) is -0.532. The van der Waals surface area contributed by atoms with Crippen molar-refractivity contribution >= 4 is 29.0 Å². The monoisotopic (exact) mass is 307 g/mol. The second-order valence-electron chi connectivity index (χ2n) is 4.12. The number of hydrogen-bond donors (Lipinski definition) is 2. The Labute approximate surface area is 126 Å². The number of aromatic nitrogens is 1. The van der Waals surface area contributed by atoms with Crippen molar-refractivity contribution in [3.63, 3.8) is 0 Å². The summed E-state index contributed by atoms with van der Waals surface area (Å²) in [6.07, 6.45) is 1.61. The molecule has 0 spiro atoms. The average molecular weight is 308 g/mol. The Bertz CT molecular complexity index is 622. The van der Waals surface area contributed by atoms with Gasteiger partial charge >= 0.3 is 0 Å². The van der Waals surface area contributed by atoms with Crippen LogP contribution in [0.3, 0.4) is 0 Å². The van der Waals surface area contributed by atoms with Crippen molar-refractivity contribution in [1.29, 1.82) is 0 Å². The van der Waals surface area contributed by atoms with E-state index in [1.807, 2.05) is 0 Å². The number of aliphatic hydroxyl groups excluding tert-OH is 1. The van der Waals surface area contributed by atoms with Gasteiger partial charge in [-0.25, -0.2) is 9.82 Å². The van der Waals surface area contributed by atoms with E-state index in [0.717, 1.165) is 0 Å². The van der Waals surface area contributed by atoms with Crippen molar-refractivity contribution in [2.45, 2.75) is 0 Å². The minimum Gasteiger partial charge on any atom is -0.368 e. The number of nitrogens with zero attached hydrogens (tertiary/aromatic N) is 2. The lowest BCUT2D eigenvalue weighted by Crippen LogP contribution is -2.27. The molecule has 0 aliphatic heterocycles. The van der Waals surface area contributed by atoms with Crippen molar-refractivity contribution in [2.24, 2.45) is 0 Å². The van der Waals surface area contributed by atoms with Crippen LogP contribution in [-0.2, 0) is 4.84 Å². The molecule has 0 saturated heterocycles. The molecular weight excluding hydrogens is 294 g/mol. The van der Waals surface area contributed by atoms with E-state index in [1.54, 1.807) is 43.6 Å². The van der Waals surface area contributed by atoms with E-state index in [1.165, 1.54) is 11.0 Å². The molecular formula is C14H14ClN3O3. The minimum absolute atomic E-state index is 0.283. The van der Waals surface area contributed by atoms with Gasteiger partial charge in [-0.05, 0) is 30.3 Å². The molecule has 0 saturated carbocycles. The normalized spacial score (nSPS) is 10.2. The predicted molar refractivity (Wildman–Crippen MR) is 80.2 cm³/mol. The number of carbonyl (C=O) groups excluding carboxylic acids is 1. The zero-order valence-electron chi connectivity index (χ0n) is 11.3. The Morgan fingerprint density at radius 1 is 1.43 bits per heavy atom. The standard InChI is InChI=1S/C14H14ClN3O3/c1-18(13-4-2-3-7-16-13)14(20)11-6-5-10(15)8-12(11)17-21-9-19/h2-8,17,19H,9H2,1H3. The maximum Gasteiger partial charge on any atom is 0.261 e. The third-order valence-electron chi connectivity index (χ3n) is 2.76. The highest BCUT2D eigenvalue weighted by molar-refractivity contribution is 6.31. The number of hydrogen-bond acceptors (Lipinski definition) is 5. The molecule has 1 amide bonds. The molecule has 1 aromatic carbocycles. The molecule has 7 heteroatoms. The second kappa shape index (κ2) is 7.03. The number of pyridine rings is 1. The third-order valence-corrected chi connectivity index (χ3v) is 2.99. The molecule has 0 aliphatic rings. The van der Waals surface area contributed by atoms with Crippen LogP contribution in [0.15, 0.2) is 42.6 Å². The summed E-state index contributed by atoms with van der Waals surface area (Å²) in [7, 11) is 1.62. The molecule has 1 aromatic heterocycles. The van der Waals surface area contributed by atoms with Gasteiger partial charge in [-0.1, -0.05) is 17.7 Å². The molecule has 0 radical (unpaired) electrons. The van der Waals surface area contributed by atoms with Gasteiger partial charge in [0.05, 0.1) is 11.3 Å². The van der Waals surface area contributed by atoms with Gasteiger partial charge in [-0.3, -0.25) is 15.2 Å². The molecule has 0 aliphatic carbocycles. The van der Waals surface area contributed by atoms with E-state index < -0.39 is 6.79 Å². The van der Waals surface area contributed by atoms with Crippen LogP contribution < -0.4 is 10.4 Å². The summed E-state index contributed by atoms with van der Waals surface area (Å²) in [5, 5.41) is 9.13. The van der Waals surface area contributed by atoms with E-state index in [4.69, 9.17) is 21.5 Å². The van der Waals surface area contributed by atoms with E-state index in [2.05, 4.69) is 10.5 Å². The number of amides is 1. The van der Waals surface area contributed by atoms with Gasteiger partial charge in [0, 0.05) is 18.3 Å². The van der Waals surface area contributed by atoms with Crippen LogP contribution in [0, 0.1) is 0 Å². The van der Waals surface area contributed by atoms with Gasteiger partial charge in [0.2, 0.25) is 0 Å². The lowest BCUT2D eigenvalue weighted by molar-refractivity contribution is 0.0307. The topological polar surface area (TPSA) is 74.7 Å². The molecule has 21 heavy (non-hydrogen) atoms. The summed E-state index contributed by atoms with van der Waals surface area (Å²) in [4.78, 5) is 22.8. The lowest BCUT2D eigenvalue weighted by atomic mass is 10.1. The Morgan fingerprint density at radius 3 is 2.90 bits per heavy atom. The van der Waals surface area contributed by atoms with Crippen LogP contribution in [0.1, 0.15) is 10.4 Å². The zero-order valence-corrected chi connectivity index (χ0v) is 12.0. The summed E-state index contributed by atoms with van der Waals surface area (Å²) in [5.41, 5.74) is 3.20. The first kappa shape index (κ1) is 15.2. The number of nitrogens with one attached hydrogen (secondary N) is 1. The smallest absolute Gasteiger partial charge is 0.261 e. The molecule has 2 aromatic rings. The van der Waals surface area contributed by atoms with Crippen molar-refractivity contribution in [3.8, 4) is 0 Å². The maximum absolute atomic E-state index is 12.5. The van der Waals surface area contributed by atoms with Gasteiger partial charge in [0.15, 0.2) is 6.79 Å². The molecule has 6 nitrogen and oxygen atoms in total. The fraction of sp³-hybridized carbons (Fsp3) is 0.143. The Kier molecular flexibility index (Phi) is 5.10. The van der Waals surface area contributed by atoms with Crippen LogP contribution in [0.4, 0.5) is 11.5 Å². The molecule has 0 bridgehead atoms. The van der Waals surface area contributed by atoms with Crippen molar-refractivity contribution in [2.75, 3.05) is 24.2 Å². The van der Waals surface area contributed by atoms with Crippen LogP contribution in [0.2, 0.25) is 5.02 Å². The first-order valence-corrected chi connectivity index (χ1v) is 6.48. The van der Waals surface area contributed by atoms with Gasteiger partial charge in [0.25, 0.3) is 5.91 Å². The summed E-state index contributed by atoms with van der Waals surface area (Å²) < 4.78 is 0. The molecule has 0 unspecified atom stereocenters. The summed E-state index contributed by atoms with van der Waals surface area (Å²) in [5.74, 6) is 0.237. The Hall–Kier alpha value is -2.15. The van der Waals surface area contributed by atoms with E-state index in [0.29, 0.717) is 22.1 Å². The van der Waals surface area contributed by atoms with Crippen molar-refractivity contribution < 1.29 is 14.7 Å². The molecule has 110 valence electrons. The van der Waals surface area contributed by atoms with E-state index in [9.17, 15) is 4.79 Å². The van der Waals surface area contributed by atoms with Crippen LogP contribution >= 0.6 is 11.6 Å². The fourth-order valence-corrected chi connectivity index (χ4v) is 1.91. The highest BCUT2D eigenvalue weighted by atomic mass is 35.5. The summed E-state index contributed by atoms with van der Waals surface area (Å²) >= 11 is 5.90. The quantitative estimate of drug-likeness (QED) is 0.655. The number of aliphatic hydroxyl groups is 1. The van der Waals surface area contributed by atoms with Crippen LogP contribution in [-0.4, -0.2) is 29.8 Å². The predicted octanol–water partition coefficient (Wildman–Crippen LogP) is 2.30. The number of rotatable bonds is 5. The van der Waals surface area contributed by atoms with Crippen molar-refractivity contribution in [1.82, 2.24) is 4.98 Å². The van der Waals surface area contributed by atoms with Gasteiger partial charge in [-0.15, -0.1) is 0 Å². The SMILES string of the molecule is CN(C(=O)c1ccc(Cl)cc1NOCO)c1ccccn1. The average Bonchev–Trinajstić information content (AvgIpc) is 2.52. The van der Waals surface area contributed by atoms with Crippen LogP contribution in [0.5, 0.6) is 0 Å². The number of benzene rings is 1. The largest absolute Gasteiger partial charge is 0.368 e. The first-order chi connectivity index (χ1) is 10.1. The maximum atomic E-state index is 12.5.